The van der Waals surface area contributed by atoms with E-state index in [2.05, 4.69) is 19.2 Å². The fraction of sp³-hybridized carbons (Fsp3) is 1.00. The van der Waals surface area contributed by atoms with Crippen molar-refractivity contribution in [3.8, 4) is 0 Å². The average molecular weight is 218 g/mol. The Labute approximate surface area is 89.9 Å². The predicted molar refractivity (Wildman–Crippen MR) is 64.6 cm³/mol. The Balaban J connectivity index is 2.29. The highest BCUT2D eigenvalue weighted by Gasteiger charge is 2.30. The van der Waals surface area contributed by atoms with E-state index in [1.807, 2.05) is 0 Å². The van der Waals surface area contributed by atoms with Gasteiger partial charge in [-0.05, 0) is 37.9 Å². The van der Waals surface area contributed by atoms with Crippen molar-refractivity contribution in [2.45, 2.75) is 50.3 Å². The lowest BCUT2D eigenvalue weighted by molar-refractivity contribution is -0.0261. The Morgan fingerprint density at radius 3 is 2.77 bits per heavy atom. The lowest BCUT2D eigenvalue weighted by Gasteiger charge is -2.36. The van der Waals surface area contributed by atoms with Gasteiger partial charge < -0.3 is 4.74 Å². The normalized spacial score (nSPS) is 30.0. The van der Waals surface area contributed by atoms with Gasteiger partial charge in [0.2, 0.25) is 0 Å². The van der Waals surface area contributed by atoms with E-state index in [0.717, 1.165) is 12.4 Å². The van der Waals surface area contributed by atoms with E-state index in [-0.39, 0.29) is 9.52 Å². The molecule has 0 aromatic rings. The highest BCUT2D eigenvalue weighted by molar-refractivity contribution is 7.80. The van der Waals surface area contributed by atoms with Crippen LogP contribution in [-0.2, 0) is 4.74 Å². The molecule has 0 N–H and O–H groups in total. The molecule has 1 atom stereocenters. The van der Waals surface area contributed by atoms with Gasteiger partial charge in [0, 0.05) is 6.61 Å². The zero-order chi connectivity index (χ0) is 9.57. The van der Waals surface area contributed by atoms with Gasteiger partial charge in [-0.25, -0.2) is 0 Å². The van der Waals surface area contributed by atoms with Gasteiger partial charge in [-0.3, -0.25) is 0 Å². The summed E-state index contributed by atoms with van der Waals surface area (Å²) in [6, 6.07) is 0. The summed E-state index contributed by atoms with van der Waals surface area (Å²) in [6.07, 6.45) is 7.87. The van der Waals surface area contributed by atoms with Gasteiger partial charge in [-0.15, -0.1) is 0 Å². The van der Waals surface area contributed by atoms with E-state index in [1.54, 1.807) is 0 Å². The maximum absolute atomic E-state index is 6.00. The quantitative estimate of drug-likeness (QED) is 0.423. The Morgan fingerprint density at radius 2 is 2.23 bits per heavy atom. The first kappa shape index (κ1) is 11.6. The topological polar surface area (TPSA) is 9.23 Å². The van der Waals surface area contributed by atoms with Crippen LogP contribution in [0.25, 0.3) is 0 Å². The van der Waals surface area contributed by atoms with Gasteiger partial charge in [0.25, 0.3) is 0 Å². The molecule has 0 amide bonds. The monoisotopic (exact) mass is 218 g/mol. The average Bonchev–Trinajstić information content (AvgIpc) is 2.20. The standard InChI is InChI=1S/C10H22OSSi/c1-13-10(7-3-5-9-12)6-2-4-8-11-10/h12H,2-9,13H2,1H3. The molecule has 1 saturated heterocycles. The highest BCUT2D eigenvalue weighted by atomic mass is 32.1. The smallest absolute Gasteiger partial charge is 0.0564 e. The van der Waals surface area contributed by atoms with Gasteiger partial charge >= 0.3 is 0 Å². The van der Waals surface area contributed by atoms with Crippen molar-refractivity contribution in [1.82, 2.24) is 0 Å². The van der Waals surface area contributed by atoms with Gasteiger partial charge in [-0.2, -0.15) is 12.6 Å². The van der Waals surface area contributed by atoms with Crippen molar-refractivity contribution in [1.29, 1.82) is 0 Å². The van der Waals surface area contributed by atoms with E-state index < -0.39 is 0 Å². The van der Waals surface area contributed by atoms with Crippen LogP contribution in [0, 0.1) is 0 Å². The maximum atomic E-state index is 6.00. The van der Waals surface area contributed by atoms with Crippen LogP contribution < -0.4 is 0 Å². The molecule has 0 radical (unpaired) electrons. The largest absolute Gasteiger partial charge is 0.379 e. The molecule has 1 heterocycles. The first-order chi connectivity index (χ1) is 6.33. The molecule has 78 valence electrons. The van der Waals surface area contributed by atoms with Crippen molar-refractivity contribution in [2.24, 2.45) is 0 Å². The third kappa shape index (κ3) is 3.64. The summed E-state index contributed by atoms with van der Waals surface area (Å²) in [5.41, 5.74) is 0. The number of hydrogen-bond donors (Lipinski definition) is 1. The second kappa shape index (κ2) is 6.09. The van der Waals surface area contributed by atoms with Crippen molar-refractivity contribution in [3.05, 3.63) is 0 Å². The zero-order valence-electron chi connectivity index (χ0n) is 8.72. The fourth-order valence-corrected chi connectivity index (χ4v) is 3.90. The maximum Gasteiger partial charge on any atom is 0.0564 e. The second-order valence-corrected chi connectivity index (χ2v) is 6.47. The van der Waals surface area contributed by atoms with Crippen molar-refractivity contribution >= 4 is 22.1 Å². The Hall–Kier alpha value is 0.527. The summed E-state index contributed by atoms with van der Waals surface area (Å²) < 4.78 is 6.00. The summed E-state index contributed by atoms with van der Waals surface area (Å²) >= 11 is 4.25. The SMILES string of the molecule is C[SiH2]C1(CCCCS)CCCCO1. The molecule has 3 heteroatoms. The zero-order valence-corrected chi connectivity index (χ0v) is 11.0. The first-order valence-corrected chi connectivity index (χ1v) is 8.33. The molecule has 1 aliphatic rings. The second-order valence-electron chi connectivity index (χ2n) is 4.02. The number of ether oxygens (including phenoxy) is 1. The van der Waals surface area contributed by atoms with E-state index >= 15 is 0 Å². The molecular weight excluding hydrogens is 196 g/mol. The van der Waals surface area contributed by atoms with Gasteiger partial charge in [0.05, 0.1) is 14.7 Å². The van der Waals surface area contributed by atoms with Gasteiger partial charge in [0.15, 0.2) is 0 Å². The van der Waals surface area contributed by atoms with Crippen LogP contribution in [0.4, 0.5) is 0 Å². The Morgan fingerprint density at radius 1 is 1.38 bits per heavy atom. The Kier molecular flexibility index (Phi) is 5.44. The van der Waals surface area contributed by atoms with Crippen molar-refractivity contribution in [2.75, 3.05) is 12.4 Å². The number of rotatable bonds is 5. The van der Waals surface area contributed by atoms with Crippen molar-refractivity contribution < 1.29 is 4.74 Å². The molecular formula is C10H22OSSi. The van der Waals surface area contributed by atoms with Crippen LogP contribution in [0.15, 0.2) is 0 Å². The summed E-state index contributed by atoms with van der Waals surface area (Å²) in [6.45, 7) is 3.41. The molecule has 0 bridgehead atoms. The molecule has 0 aliphatic carbocycles. The van der Waals surface area contributed by atoms with E-state index in [1.165, 1.54) is 38.5 Å². The molecule has 0 spiro atoms. The minimum atomic E-state index is -0.0138. The van der Waals surface area contributed by atoms with Crippen LogP contribution in [0.3, 0.4) is 0 Å². The van der Waals surface area contributed by atoms with Crippen LogP contribution >= 0.6 is 12.6 Å². The summed E-state index contributed by atoms with van der Waals surface area (Å²) in [4.78, 5) is 0. The molecule has 1 fully saturated rings. The van der Waals surface area contributed by atoms with E-state index in [4.69, 9.17) is 4.74 Å². The summed E-state index contributed by atoms with van der Waals surface area (Å²) in [5, 5.41) is 0.376. The molecule has 1 nitrogen and oxygen atoms in total. The molecule has 0 saturated carbocycles. The third-order valence-corrected chi connectivity index (χ3v) is 5.64. The predicted octanol–water partition coefficient (Wildman–Crippen LogP) is 2.20. The molecule has 0 aromatic carbocycles. The van der Waals surface area contributed by atoms with Gasteiger partial charge in [-0.1, -0.05) is 13.0 Å². The number of unbranched alkanes of at least 4 members (excludes halogenated alkanes) is 1. The van der Waals surface area contributed by atoms with E-state index in [0.29, 0.717) is 5.22 Å². The van der Waals surface area contributed by atoms with Crippen LogP contribution in [0.2, 0.25) is 6.55 Å². The molecule has 1 unspecified atom stereocenters. The van der Waals surface area contributed by atoms with Crippen molar-refractivity contribution in [3.63, 3.8) is 0 Å². The van der Waals surface area contributed by atoms with Gasteiger partial charge in [0.1, 0.15) is 0 Å². The first-order valence-electron chi connectivity index (χ1n) is 5.58. The van der Waals surface area contributed by atoms with Crippen LogP contribution in [0.5, 0.6) is 0 Å². The highest BCUT2D eigenvalue weighted by Crippen LogP contribution is 2.29. The summed E-state index contributed by atoms with van der Waals surface area (Å²) in [7, 11) is -0.0138. The molecule has 13 heavy (non-hydrogen) atoms. The molecule has 1 aliphatic heterocycles. The lowest BCUT2D eigenvalue weighted by Crippen LogP contribution is -2.41. The number of hydrogen-bond acceptors (Lipinski definition) is 2. The van der Waals surface area contributed by atoms with Crippen LogP contribution in [-0.4, -0.2) is 27.1 Å². The third-order valence-electron chi connectivity index (χ3n) is 3.12. The summed E-state index contributed by atoms with van der Waals surface area (Å²) in [5.74, 6) is 1.03. The minimum absolute atomic E-state index is 0.0138. The minimum Gasteiger partial charge on any atom is -0.379 e. The molecule has 0 aromatic heterocycles. The molecule has 1 rings (SSSR count). The lowest BCUT2D eigenvalue weighted by atomic mass is 10.0. The number of thiol groups is 1. The van der Waals surface area contributed by atoms with Crippen LogP contribution in [0.1, 0.15) is 38.5 Å². The fourth-order valence-electron chi connectivity index (χ4n) is 2.12. The van der Waals surface area contributed by atoms with E-state index in [9.17, 15) is 0 Å². The Bertz CT molecular complexity index is 135.